The Hall–Kier alpha value is -1.24. The molecule has 0 amide bonds. The monoisotopic (exact) mass is 305 g/mol. The minimum absolute atomic E-state index is 0.336. The van der Waals surface area contributed by atoms with E-state index in [2.05, 4.69) is 45.6 Å². The van der Waals surface area contributed by atoms with E-state index in [1.54, 1.807) is 0 Å². The third-order valence-corrected chi connectivity index (χ3v) is 5.22. The number of nitrogens with one attached hydrogen (secondary N) is 1. The Morgan fingerprint density at radius 3 is 2.95 bits per heavy atom. The van der Waals surface area contributed by atoms with Crippen molar-refractivity contribution in [1.82, 2.24) is 24.8 Å². The van der Waals surface area contributed by atoms with Crippen LogP contribution in [0.4, 0.5) is 0 Å². The molecule has 1 fully saturated rings. The molecule has 2 aromatic heterocycles. The number of hydrogen-bond acceptors (Lipinski definition) is 5. The van der Waals surface area contributed by atoms with Gasteiger partial charge in [-0.15, -0.1) is 11.3 Å². The summed E-state index contributed by atoms with van der Waals surface area (Å²) in [6, 6.07) is 0.336. The zero-order chi connectivity index (χ0) is 14.8. The molecule has 0 saturated carbocycles. The van der Waals surface area contributed by atoms with Crippen molar-refractivity contribution in [3.63, 3.8) is 0 Å². The van der Waals surface area contributed by atoms with E-state index in [1.165, 1.54) is 9.88 Å². The van der Waals surface area contributed by atoms with Crippen molar-refractivity contribution in [2.75, 3.05) is 19.6 Å². The summed E-state index contributed by atoms with van der Waals surface area (Å²) in [5.41, 5.74) is 0. The number of rotatable bonds is 4. The number of aromatic nitrogens is 3. The smallest absolute Gasteiger partial charge is 0.127 e. The molecule has 114 valence electrons. The van der Waals surface area contributed by atoms with Crippen LogP contribution in [-0.4, -0.2) is 39.1 Å². The molecule has 6 heteroatoms. The predicted molar refractivity (Wildman–Crippen MR) is 85.4 cm³/mol. The summed E-state index contributed by atoms with van der Waals surface area (Å²) in [5, 5.41) is 4.71. The molecule has 1 unspecified atom stereocenters. The first-order chi connectivity index (χ1) is 10.1. The molecule has 0 bridgehead atoms. The summed E-state index contributed by atoms with van der Waals surface area (Å²) >= 11 is 1.84. The number of thiazole rings is 1. The fourth-order valence-electron chi connectivity index (χ4n) is 2.75. The first kappa shape index (κ1) is 14.7. The van der Waals surface area contributed by atoms with E-state index >= 15 is 0 Å². The lowest BCUT2D eigenvalue weighted by molar-refractivity contribution is 0.146. The van der Waals surface area contributed by atoms with Gasteiger partial charge in [-0.3, -0.25) is 4.90 Å². The first-order valence-electron chi connectivity index (χ1n) is 7.51. The summed E-state index contributed by atoms with van der Waals surface area (Å²) < 4.78 is 2.12. The maximum atomic E-state index is 4.54. The molecule has 0 aliphatic carbocycles. The molecule has 2 aromatic rings. The van der Waals surface area contributed by atoms with Gasteiger partial charge in [-0.1, -0.05) is 13.8 Å². The molecular formula is C15H23N5S. The second-order valence-corrected chi connectivity index (χ2v) is 7.05. The fraction of sp³-hybridized carbons (Fsp3) is 0.600. The zero-order valence-corrected chi connectivity index (χ0v) is 13.7. The normalized spacial score (nSPS) is 20.3. The van der Waals surface area contributed by atoms with Crippen LogP contribution in [0.15, 0.2) is 18.6 Å². The van der Waals surface area contributed by atoms with Crippen LogP contribution in [0.1, 0.15) is 41.5 Å². The highest BCUT2D eigenvalue weighted by Crippen LogP contribution is 2.26. The molecule has 0 aromatic carbocycles. The van der Waals surface area contributed by atoms with E-state index in [9.17, 15) is 0 Å². The third kappa shape index (κ3) is 3.17. The Morgan fingerprint density at radius 2 is 2.29 bits per heavy atom. The molecular weight excluding hydrogens is 282 g/mol. The molecule has 3 heterocycles. The Balaban J connectivity index is 1.76. The lowest BCUT2D eigenvalue weighted by Gasteiger charge is -2.35. The van der Waals surface area contributed by atoms with Crippen LogP contribution in [-0.2, 0) is 13.6 Å². The van der Waals surface area contributed by atoms with E-state index in [-0.39, 0.29) is 0 Å². The van der Waals surface area contributed by atoms with Gasteiger partial charge in [0.25, 0.3) is 0 Å². The van der Waals surface area contributed by atoms with E-state index in [0.29, 0.717) is 12.0 Å². The van der Waals surface area contributed by atoms with Crippen LogP contribution in [0.25, 0.3) is 0 Å². The molecule has 1 atom stereocenters. The van der Waals surface area contributed by atoms with Gasteiger partial charge in [0.05, 0.1) is 11.0 Å². The van der Waals surface area contributed by atoms with Crippen molar-refractivity contribution < 1.29 is 0 Å². The van der Waals surface area contributed by atoms with Crippen molar-refractivity contribution >= 4 is 11.3 Å². The molecule has 1 N–H and O–H groups in total. The first-order valence-corrected chi connectivity index (χ1v) is 8.33. The number of aryl methyl sites for hydroxylation is 1. The van der Waals surface area contributed by atoms with Crippen LogP contribution < -0.4 is 5.32 Å². The summed E-state index contributed by atoms with van der Waals surface area (Å²) in [7, 11) is 2.07. The van der Waals surface area contributed by atoms with Crippen LogP contribution in [0.2, 0.25) is 0 Å². The van der Waals surface area contributed by atoms with Crippen molar-refractivity contribution in [3.05, 3.63) is 34.3 Å². The van der Waals surface area contributed by atoms with Gasteiger partial charge >= 0.3 is 0 Å². The predicted octanol–water partition coefficient (Wildman–Crippen LogP) is 2.15. The standard InChI is InChI=1S/C15H23N5S/c1-11(2)15-18-8-12(21-15)10-20-7-4-16-9-13(20)14-17-5-6-19(14)3/h5-6,8,11,13,16H,4,7,9-10H2,1-3H3. The number of hydrogen-bond donors (Lipinski definition) is 1. The largest absolute Gasteiger partial charge is 0.337 e. The highest BCUT2D eigenvalue weighted by Gasteiger charge is 2.27. The molecule has 1 aliphatic rings. The topological polar surface area (TPSA) is 46.0 Å². The average molecular weight is 305 g/mol. The van der Waals surface area contributed by atoms with Crippen LogP contribution >= 0.6 is 11.3 Å². The minimum Gasteiger partial charge on any atom is -0.337 e. The van der Waals surface area contributed by atoms with Gasteiger partial charge in [-0.25, -0.2) is 9.97 Å². The van der Waals surface area contributed by atoms with E-state index in [0.717, 1.165) is 32.0 Å². The van der Waals surface area contributed by atoms with Crippen molar-refractivity contribution in [3.8, 4) is 0 Å². The van der Waals surface area contributed by atoms with Crippen molar-refractivity contribution in [2.45, 2.75) is 32.4 Å². The highest BCUT2D eigenvalue weighted by atomic mass is 32.1. The third-order valence-electron chi connectivity index (χ3n) is 3.94. The quantitative estimate of drug-likeness (QED) is 0.940. The summed E-state index contributed by atoms with van der Waals surface area (Å²) in [6.45, 7) is 8.40. The van der Waals surface area contributed by atoms with Gasteiger partial charge in [-0.2, -0.15) is 0 Å². The number of imidazole rings is 1. The SMILES string of the molecule is CC(C)c1ncc(CN2CCNCC2c2nccn2C)s1. The summed E-state index contributed by atoms with van der Waals surface area (Å²) in [5.74, 6) is 1.65. The Morgan fingerprint density at radius 1 is 1.43 bits per heavy atom. The highest BCUT2D eigenvalue weighted by molar-refractivity contribution is 7.11. The minimum atomic E-state index is 0.336. The molecule has 21 heavy (non-hydrogen) atoms. The Labute approximate surface area is 130 Å². The van der Waals surface area contributed by atoms with E-state index in [4.69, 9.17) is 0 Å². The average Bonchev–Trinajstić information content (AvgIpc) is 3.09. The van der Waals surface area contributed by atoms with Crippen molar-refractivity contribution in [2.24, 2.45) is 7.05 Å². The second-order valence-electron chi connectivity index (χ2n) is 5.91. The van der Waals surface area contributed by atoms with Gasteiger partial charge in [0.15, 0.2) is 0 Å². The number of nitrogens with zero attached hydrogens (tertiary/aromatic N) is 4. The molecule has 0 spiro atoms. The molecule has 5 nitrogen and oxygen atoms in total. The molecule has 0 radical (unpaired) electrons. The summed E-state index contributed by atoms with van der Waals surface area (Å²) in [6.07, 6.45) is 5.94. The number of piperazine rings is 1. The molecule has 3 rings (SSSR count). The van der Waals surface area contributed by atoms with E-state index < -0.39 is 0 Å². The molecule has 1 saturated heterocycles. The van der Waals surface area contributed by atoms with Crippen molar-refractivity contribution in [1.29, 1.82) is 0 Å². The van der Waals surface area contributed by atoms with Crippen LogP contribution in [0, 0.1) is 0 Å². The lowest BCUT2D eigenvalue weighted by Crippen LogP contribution is -2.46. The van der Waals surface area contributed by atoms with Gasteiger partial charge in [0.1, 0.15) is 5.82 Å². The Kier molecular flexibility index (Phi) is 4.37. The fourth-order valence-corrected chi connectivity index (χ4v) is 3.70. The maximum absolute atomic E-state index is 4.54. The van der Waals surface area contributed by atoms with E-state index in [1.807, 2.05) is 29.9 Å². The van der Waals surface area contributed by atoms with Gasteiger partial charge in [0, 0.05) is 62.6 Å². The van der Waals surface area contributed by atoms with Gasteiger partial charge < -0.3 is 9.88 Å². The summed E-state index contributed by atoms with van der Waals surface area (Å²) in [4.78, 5) is 12.9. The zero-order valence-electron chi connectivity index (χ0n) is 12.9. The Bertz CT molecular complexity index is 588. The van der Waals surface area contributed by atoms with Gasteiger partial charge in [0.2, 0.25) is 0 Å². The van der Waals surface area contributed by atoms with Gasteiger partial charge in [-0.05, 0) is 0 Å². The maximum Gasteiger partial charge on any atom is 0.127 e. The molecule has 1 aliphatic heterocycles. The second kappa shape index (κ2) is 6.25. The van der Waals surface area contributed by atoms with Crippen LogP contribution in [0.3, 0.4) is 0 Å². The lowest BCUT2D eigenvalue weighted by atomic mass is 10.1. The van der Waals surface area contributed by atoms with Crippen LogP contribution in [0.5, 0.6) is 0 Å².